The number of rotatable bonds is 7. The van der Waals surface area contributed by atoms with Crippen molar-refractivity contribution < 1.29 is 13.5 Å². The Morgan fingerprint density at radius 2 is 1.89 bits per heavy atom. The summed E-state index contributed by atoms with van der Waals surface area (Å²) in [5, 5.41) is 9.41. The number of thiophene rings is 1. The zero-order valence-electron chi connectivity index (χ0n) is 11.1. The summed E-state index contributed by atoms with van der Waals surface area (Å²) in [5.74, 6) is 0. The van der Waals surface area contributed by atoms with E-state index in [1.54, 1.807) is 6.07 Å². The molecule has 4 nitrogen and oxygen atoms in total. The van der Waals surface area contributed by atoms with Crippen LogP contribution in [0.25, 0.3) is 0 Å². The molecular weight excluding hydrogens is 270 g/mol. The summed E-state index contributed by atoms with van der Waals surface area (Å²) in [6.07, 6.45) is 1.95. The lowest BCUT2D eigenvalue weighted by atomic mass is 9.96. The van der Waals surface area contributed by atoms with Gasteiger partial charge in [-0.05, 0) is 31.4 Å². The van der Waals surface area contributed by atoms with Crippen LogP contribution in [0.2, 0.25) is 0 Å². The molecule has 0 saturated carbocycles. The van der Waals surface area contributed by atoms with E-state index in [0.29, 0.717) is 17.1 Å². The van der Waals surface area contributed by atoms with Gasteiger partial charge >= 0.3 is 0 Å². The van der Waals surface area contributed by atoms with E-state index >= 15 is 0 Å². The maximum absolute atomic E-state index is 12.2. The topological polar surface area (TPSA) is 66.4 Å². The van der Waals surface area contributed by atoms with Crippen LogP contribution >= 0.6 is 11.3 Å². The van der Waals surface area contributed by atoms with Gasteiger partial charge in [0.1, 0.15) is 4.21 Å². The van der Waals surface area contributed by atoms with Gasteiger partial charge in [0.25, 0.3) is 10.0 Å². The fraction of sp³-hybridized carbons (Fsp3) is 0.667. The van der Waals surface area contributed by atoms with Gasteiger partial charge in [0.2, 0.25) is 0 Å². The lowest BCUT2D eigenvalue weighted by molar-refractivity contribution is 0.172. The van der Waals surface area contributed by atoms with E-state index in [2.05, 4.69) is 4.72 Å². The van der Waals surface area contributed by atoms with Gasteiger partial charge in [-0.15, -0.1) is 11.3 Å². The van der Waals surface area contributed by atoms with Crippen molar-refractivity contribution in [2.45, 2.75) is 49.8 Å². The number of sulfonamides is 1. The molecule has 1 rings (SSSR count). The molecule has 0 bridgehead atoms. The van der Waals surface area contributed by atoms with Crippen LogP contribution in [0.1, 0.15) is 38.5 Å². The van der Waals surface area contributed by atoms with Crippen molar-refractivity contribution in [1.29, 1.82) is 0 Å². The highest BCUT2D eigenvalue weighted by Crippen LogP contribution is 2.25. The number of aliphatic hydroxyl groups is 1. The molecule has 0 fully saturated rings. The highest BCUT2D eigenvalue weighted by atomic mass is 32.2. The van der Waals surface area contributed by atoms with Gasteiger partial charge in [0.15, 0.2) is 0 Å². The first-order chi connectivity index (χ1) is 8.43. The van der Waals surface area contributed by atoms with E-state index in [0.717, 1.165) is 11.3 Å². The van der Waals surface area contributed by atoms with Crippen LogP contribution in [0.15, 0.2) is 16.3 Å². The monoisotopic (exact) mass is 291 g/mol. The summed E-state index contributed by atoms with van der Waals surface area (Å²) >= 11 is 1.28. The molecule has 0 unspecified atom stereocenters. The van der Waals surface area contributed by atoms with Crippen molar-refractivity contribution in [2.75, 3.05) is 6.61 Å². The summed E-state index contributed by atoms with van der Waals surface area (Å²) < 4.78 is 27.4. The molecule has 0 aliphatic heterocycles. The van der Waals surface area contributed by atoms with Gasteiger partial charge in [0, 0.05) is 4.88 Å². The highest BCUT2D eigenvalue weighted by molar-refractivity contribution is 7.91. The Morgan fingerprint density at radius 1 is 1.28 bits per heavy atom. The van der Waals surface area contributed by atoms with Crippen molar-refractivity contribution in [1.82, 2.24) is 4.72 Å². The number of aliphatic hydroxyl groups excluding tert-OH is 1. The zero-order valence-corrected chi connectivity index (χ0v) is 12.7. The lowest BCUT2D eigenvalue weighted by Crippen LogP contribution is -2.50. The van der Waals surface area contributed by atoms with E-state index < -0.39 is 15.6 Å². The van der Waals surface area contributed by atoms with E-state index in [-0.39, 0.29) is 6.61 Å². The van der Waals surface area contributed by atoms with Gasteiger partial charge in [-0.1, -0.05) is 20.8 Å². The largest absolute Gasteiger partial charge is 0.394 e. The Hall–Kier alpha value is -0.430. The first kappa shape index (κ1) is 15.6. The summed E-state index contributed by atoms with van der Waals surface area (Å²) in [6, 6.07) is 3.46. The maximum atomic E-state index is 12.2. The summed E-state index contributed by atoms with van der Waals surface area (Å²) in [7, 11) is -3.53. The van der Waals surface area contributed by atoms with Crippen LogP contribution in [0.3, 0.4) is 0 Å². The van der Waals surface area contributed by atoms with Gasteiger partial charge in [-0.2, -0.15) is 0 Å². The Labute approximate surface area is 113 Å². The van der Waals surface area contributed by atoms with Crippen molar-refractivity contribution in [3.63, 3.8) is 0 Å². The third kappa shape index (κ3) is 3.32. The van der Waals surface area contributed by atoms with Gasteiger partial charge < -0.3 is 5.11 Å². The fourth-order valence-electron chi connectivity index (χ4n) is 1.68. The lowest BCUT2D eigenvalue weighted by Gasteiger charge is -2.29. The third-order valence-corrected chi connectivity index (χ3v) is 6.56. The van der Waals surface area contributed by atoms with Crippen molar-refractivity contribution in [3.8, 4) is 0 Å². The molecule has 104 valence electrons. The first-order valence-electron chi connectivity index (χ1n) is 6.16. The Morgan fingerprint density at radius 3 is 2.28 bits per heavy atom. The molecule has 0 amide bonds. The molecule has 18 heavy (non-hydrogen) atoms. The second-order valence-electron chi connectivity index (χ2n) is 4.33. The first-order valence-corrected chi connectivity index (χ1v) is 8.46. The van der Waals surface area contributed by atoms with Crippen LogP contribution in [0, 0.1) is 0 Å². The van der Waals surface area contributed by atoms with E-state index in [1.807, 2.05) is 26.8 Å². The predicted octanol–water partition coefficient (Wildman–Crippen LogP) is 2.14. The molecule has 0 aliphatic carbocycles. The average Bonchev–Trinajstić information content (AvgIpc) is 2.85. The second kappa shape index (κ2) is 6.14. The zero-order chi connectivity index (χ0) is 13.8. The van der Waals surface area contributed by atoms with Gasteiger partial charge in [-0.25, -0.2) is 13.1 Å². The van der Waals surface area contributed by atoms with E-state index in [9.17, 15) is 13.5 Å². The minimum atomic E-state index is -3.53. The highest BCUT2D eigenvalue weighted by Gasteiger charge is 2.32. The number of hydrogen-bond acceptors (Lipinski definition) is 4. The van der Waals surface area contributed by atoms with Crippen molar-refractivity contribution in [2.24, 2.45) is 0 Å². The van der Waals surface area contributed by atoms with Gasteiger partial charge in [0.05, 0.1) is 12.1 Å². The molecule has 2 N–H and O–H groups in total. The van der Waals surface area contributed by atoms with E-state index in [4.69, 9.17) is 0 Å². The van der Waals surface area contributed by atoms with Crippen LogP contribution < -0.4 is 4.72 Å². The van der Waals surface area contributed by atoms with Crippen molar-refractivity contribution >= 4 is 21.4 Å². The normalized spacial score (nSPS) is 12.9. The SMILES string of the molecule is CCc1ccc(S(=O)(=O)NC(CC)(CC)CO)s1. The molecular formula is C12H21NO3S2. The smallest absolute Gasteiger partial charge is 0.250 e. The number of aryl methyl sites for hydroxylation is 1. The molecule has 0 radical (unpaired) electrons. The summed E-state index contributed by atoms with van der Waals surface area (Å²) in [6.45, 7) is 5.54. The molecule has 6 heteroatoms. The Bertz CT molecular complexity index is 467. The standard InChI is InChI=1S/C12H21NO3S2/c1-4-10-7-8-11(17-10)18(15,16)13-12(5-2,6-3)9-14/h7-8,13-14H,4-6,9H2,1-3H3. The number of hydrogen-bond donors (Lipinski definition) is 2. The maximum Gasteiger partial charge on any atom is 0.250 e. The molecule has 0 aromatic carbocycles. The van der Waals surface area contributed by atoms with Gasteiger partial charge in [-0.3, -0.25) is 0 Å². The minimum Gasteiger partial charge on any atom is -0.394 e. The minimum absolute atomic E-state index is 0.189. The average molecular weight is 291 g/mol. The summed E-state index contributed by atoms with van der Waals surface area (Å²) in [5.41, 5.74) is -0.755. The number of nitrogens with one attached hydrogen (secondary N) is 1. The molecule has 0 atom stereocenters. The quantitative estimate of drug-likeness (QED) is 0.809. The molecule has 0 spiro atoms. The van der Waals surface area contributed by atoms with Crippen LogP contribution in [0.4, 0.5) is 0 Å². The molecule has 1 heterocycles. The predicted molar refractivity (Wildman–Crippen MR) is 74.4 cm³/mol. The molecule has 0 saturated heterocycles. The van der Waals surface area contributed by atoms with Crippen LogP contribution in [-0.2, 0) is 16.4 Å². The summed E-state index contributed by atoms with van der Waals surface area (Å²) in [4.78, 5) is 1.04. The van der Waals surface area contributed by atoms with Crippen molar-refractivity contribution in [3.05, 3.63) is 17.0 Å². The second-order valence-corrected chi connectivity index (χ2v) is 7.40. The fourth-order valence-corrected chi connectivity index (χ4v) is 4.51. The van der Waals surface area contributed by atoms with Crippen LogP contribution in [-0.4, -0.2) is 25.7 Å². The Balaban J connectivity index is 3.00. The molecule has 1 aromatic heterocycles. The molecule has 1 aromatic rings. The Kier molecular flexibility index (Phi) is 5.33. The third-order valence-electron chi connectivity index (χ3n) is 3.26. The molecule has 0 aliphatic rings. The van der Waals surface area contributed by atoms with Crippen LogP contribution in [0.5, 0.6) is 0 Å². The van der Waals surface area contributed by atoms with E-state index in [1.165, 1.54) is 11.3 Å².